The van der Waals surface area contributed by atoms with Crippen LogP contribution < -0.4 is 25.5 Å². The van der Waals surface area contributed by atoms with Gasteiger partial charge in [0.1, 0.15) is 0 Å². The van der Waals surface area contributed by atoms with E-state index in [0.717, 1.165) is 0 Å². The molecule has 0 radical (unpaired) electrons. The highest BCUT2D eigenvalue weighted by atomic mass is 16.5. The molecule has 2 rings (SSSR count). The first kappa shape index (κ1) is 14.8. The van der Waals surface area contributed by atoms with Gasteiger partial charge in [-0.3, -0.25) is 5.43 Å². The Morgan fingerprint density at radius 1 is 0.952 bits per heavy atom. The zero-order valence-electron chi connectivity index (χ0n) is 11.9. The van der Waals surface area contributed by atoms with E-state index in [1.54, 1.807) is 12.1 Å². The predicted octanol–water partition coefficient (Wildman–Crippen LogP) is 1.75. The summed E-state index contributed by atoms with van der Waals surface area (Å²) in [6.45, 7) is 4.66. The monoisotopic (exact) mass is 291 g/mol. The van der Waals surface area contributed by atoms with Gasteiger partial charge in [0, 0.05) is 0 Å². The summed E-state index contributed by atoms with van der Waals surface area (Å²) in [5, 5.41) is 0. The number of nitrogens with zero attached hydrogens (tertiary/aromatic N) is 3. The van der Waals surface area contributed by atoms with Crippen molar-refractivity contribution in [2.24, 2.45) is 5.84 Å². The van der Waals surface area contributed by atoms with Crippen molar-refractivity contribution in [3.05, 3.63) is 24.3 Å². The van der Waals surface area contributed by atoms with Crippen LogP contribution in [-0.2, 0) is 0 Å². The van der Waals surface area contributed by atoms with Crippen LogP contribution in [0.25, 0.3) is 0 Å². The number of hydrogen-bond donors (Lipinski definition) is 2. The molecule has 0 atom stereocenters. The Labute approximate surface area is 122 Å². The van der Waals surface area contributed by atoms with Gasteiger partial charge in [-0.2, -0.15) is 9.97 Å². The van der Waals surface area contributed by atoms with Crippen LogP contribution in [0.3, 0.4) is 0 Å². The van der Waals surface area contributed by atoms with Gasteiger partial charge in [0.2, 0.25) is 5.95 Å². The van der Waals surface area contributed by atoms with E-state index in [9.17, 15) is 0 Å². The summed E-state index contributed by atoms with van der Waals surface area (Å²) in [6.07, 6.45) is 0. The molecule has 3 N–H and O–H groups in total. The molecule has 0 unspecified atom stereocenters. The highest BCUT2D eigenvalue weighted by Crippen LogP contribution is 2.30. The van der Waals surface area contributed by atoms with Crippen LogP contribution in [0.2, 0.25) is 0 Å². The lowest BCUT2D eigenvalue weighted by Crippen LogP contribution is -2.13. The standard InChI is InChI=1S/C13H17N5O3/c1-3-19-9-7-5-6-8-10(9)21-13-16-11(18-14)15-12(17-13)20-4-2/h5-8H,3-4,14H2,1-2H3,(H,15,16,17,18). The van der Waals surface area contributed by atoms with Crippen LogP contribution in [0.1, 0.15) is 13.8 Å². The molecular weight excluding hydrogens is 274 g/mol. The molecule has 1 aromatic carbocycles. The lowest BCUT2D eigenvalue weighted by atomic mass is 10.3. The van der Waals surface area contributed by atoms with Crippen LogP contribution in [0.15, 0.2) is 24.3 Å². The van der Waals surface area contributed by atoms with E-state index in [2.05, 4.69) is 20.4 Å². The number of para-hydroxylation sites is 2. The van der Waals surface area contributed by atoms with Gasteiger partial charge in [-0.1, -0.05) is 12.1 Å². The third-order valence-corrected chi connectivity index (χ3v) is 2.35. The van der Waals surface area contributed by atoms with Crippen molar-refractivity contribution in [1.82, 2.24) is 15.0 Å². The molecule has 21 heavy (non-hydrogen) atoms. The molecule has 0 aliphatic heterocycles. The molecule has 0 amide bonds. The number of nitrogen functional groups attached to an aromatic ring is 1. The maximum atomic E-state index is 5.63. The van der Waals surface area contributed by atoms with Crippen molar-refractivity contribution in [1.29, 1.82) is 0 Å². The van der Waals surface area contributed by atoms with Gasteiger partial charge in [-0.05, 0) is 26.0 Å². The lowest BCUT2D eigenvalue weighted by Gasteiger charge is -2.11. The van der Waals surface area contributed by atoms with Crippen molar-refractivity contribution in [3.63, 3.8) is 0 Å². The number of ether oxygens (including phenoxy) is 3. The molecule has 8 nitrogen and oxygen atoms in total. The van der Waals surface area contributed by atoms with Gasteiger partial charge < -0.3 is 14.2 Å². The molecule has 0 spiro atoms. The van der Waals surface area contributed by atoms with Gasteiger partial charge in [0.15, 0.2) is 11.5 Å². The minimum absolute atomic E-state index is 0.0635. The minimum Gasteiger partial charge on any atom is -0.490 e. The fourth-order valence-electron chi connectivity index (χ4n) is 1.55. The Balaban J connectivity index is 2.28. The number of hydrogen-bond acceptors (Lipinski definition) is 8. The van der Waals surface area contributed by atoms with Crippen LogP contribution in [-0.4, -0.2) is 28.2 Å². The zero-order chi connectivity index (χ0) is 15.1. The number of nitrogens with one attached hydrogen (secondary N) is 1. The third kappa shape index (κ3) is 3.93. The van der Waals surface area contributed by atoms with Gasteiger partial charge in [0.05, 0.1) is 13.2 Å². The molecule has 112 valence electrons. The van der Waals surface area contributed by atoms with E-state index >= 15 is 0 Å². The summed E-state index contributed by atoms with van der Waals surface area (Å²) >= 11 is 0. The molecule has 0 fully saturated rings. The second kappa shape index (κ2) is 7.25. The lowest BCUT2D eigenvalue weighted by molar-refractivity contribution is 0.297. The summed E-state index contributed by atoms with van der Waals surface area (Å²) in [5.41, 5.74) is 2.34. The van der Waals surface area contributed by atoms with Crippen LogP contribution in [0.4, 0.5) is 5.95 Å². The molecule has 0 saturated carbocycles. The minimum atomic E-state index is 0.0635. The number of benzene rings is 1. The van der Waals surface area contributed by atoms with E-state index in [4.69, 9.17) is 20.1 Å². The topological polar surface area (TPSA) is 104 Å². The largest absolute Gasteiger partial charge is 0.490 e. The molecule has 0 saturated heterocycles. The maximum Gasteiger partial charge on any atom is 0.330 e. The molecular formula is C13H17N5O3. The summed E-state index contributed by atoms with van der Waals surface area (Å²) in [7, 11) is 0. The molecule has 2 aromatic rings. The molecule has 1 heterocycles. The second-order valence-electron chi connectivity index (χ2n) is 3.78. The van der Waals surface area contributed by atoms with E-state index in [-0.39, 0.29) is 18.0 Å². The maximum absolute atomic E-state index is 5.63. The van der Waals surface area contributed by atoms with Crippen molar-refractivity contribution < 1.29 is 14.2 Å². The number of rotatable bonds is 7. The van der Waals surface area contributed by atoms with Gasteiger partial charge in [0.25, 0.3) is 0 Å². The average molecular weight is 291 g/mol. The Kier molecular flexibility index (Phi) is 5.10. The molecule has 0 bridgehead atoms. The summed E-state index contributed by atoms with van der Waals surface area (Å²) in [4.78, 5) is 12.0. The van der Waals surface area contributed by atoms with E-state index < -0.39 is 0 Å². The van der Waals surface area contributed by atoms with Crippen molar-refractivity contribution in [2.45, 2.75) is 13.8 Å². The number of aromatic nitrogens is 3. The Morgan fingerprint density at radius 3 is 2.29 bits per heavy atom. The fraction of sp³-hybridized carbons (Fsp3) is 0.308. The van der Waals surface area contributed by atoms with Crippen LogP contribution in [0.5, 0.6) is 23.5 Å². The third-order valence-electron chi connectivity index (χ3n) is 2.35. The quantitative estimate of drug-likeness (QED) is 0.587. The summed E-state index contributed by atoms with van der Waals surface area (Å²) < 4.78 is 16.3. The zero-order valence-corrected chi connectivity index (χ0v) is 11.9. The van der Waals surface area contributed by atoms with E-state index in [1.165, 1.54) is 0 Å². The first-order valence-corrected chi connectivity index (χ1v) is 6.52. The van der Waals surface area contributed by atoms with Crippen LogP contribution >= 0.6 is 0 Å². The highest BCUT2D eigenvalue weighted by molar-refractivity contribution is 5.41. The Hall–Kier alpha value is -2.61. The van der Waals surface area contributed by atoms with Gasteiger partial charge in [-0.25, -0.2) is 5.84 Å². The number of nitrogens with two attached hydrogens (primary N) is 1. The van der Waals surface area contributed by atoms with Crippen molar-refractivity contribution in [2.75, 3.05) is 18.6 Å². The van der Waals surface area contributed by atoms with Crippen molar-refractivity contribution >= 4 is 5.95 Å². The first-order chi connectivity index (χ1) is 10.3. The molecule has 0 aliphatic rings. The average Bonchev–Trinajstić information content (AvgIpc) is 2.49. The SMILES string of the molecule is CCOc1nc(NN)nc(Oc2ccccc2OCC)n1. The number of anilines is 1. The van der Waals surface area contributed by atoms with E-state index in [1.807, 2.05) is 26.0 Å². The van der Waals surface area contributed by atoms with Gasteiger partial charge >= 0.3 is 12.0 Å². The predicted molar refractivity (Wildman–Crippen MR) is 76.5 cm³/mol. The van der Waals surface area contributed by atoms with Crippen LogP contribution in [0, 0.1) is 0 Å². The second-order valence-corrected chi connectivity index (χ2v) is 3.78. The molecule has 1 aromatic heterocycles. The molecule has 8 heteroatoms. The smallest absolute Gasteiger partial charge is 0.330 e. The first-order valence-electron chi connectivity index (χ1n) is 6.52. The van der Waals surface area contributed by atoms with Gasteiger partial charge in [-0.15, -0.1) is 4.98 Å². The molecule has 0 aliphatic carbocycles. The fourth-order valence-corrected chi connectivity index (χ4v) is 1.55. The Bertz CT molecular complexity index is 594. The summed E-state index contributed by atoms with van der Waals surface area (Å²) in [6, 6.07) is 7.42. The normalized spacial score (nSPS) is 10.0. The van der Waals surface area contributed by atoms with Crippen molar-refractivity contribution in [3.8, 4) is 23.5 Å². The number of hydrazine groups is 1. The Morgan fingerprint density at radius 2 is 1.62 bits per heavy atom. The highest BCUT2D eigenvalue weighted by Gasteiger charge is 2.11. The van der Waals surface area contributed by atoms with E-state index in [0.29, 0.717) is 24.7 Å². The summed E-state index contributed by atoms with van der Waals surface area (Å²) in [5.74, 6) is 6.56.